The molecule has 11 rings (SSSR count). The number of para-hydroxylation sites is 2. The molecule has 3 aliphatic rings. The van der Waals surface area contributed by atoms with Crippen molar-refractivity contribution in [2.75, 3.05) is 24.6 Å². The average molecular weight is 808 g/mol. The number of aromatic carboxylic acids is 1. The van der Waals surface area contributed by atoms with Gasteiger partial charge in [0.2, 0.25) is 11.9 Å². The Balaban J connectivity index is 0.000000147. The van der Waals surface area contributed by atoms with E-state index in [0.29, 0.717) is 11.1 Å². The summed E-state index contributed by atoms with van der Waals surface area (Å²) < 4.78 is 0. The molecule has 1 amide bonds. The van der Waals surface area contributed by atoms with Crippen molar-refractivity contribution in [2.45, 2.75) is 55.8 Å². The van der Waals surface area contributed by atoms with Crippen LogP contribution in [-0.2, 0) is 10.8 Å². The molecule has 0 atom stereocenters. The molecule has 12 nitrogen and oxygen atoms in total. The number of fused-ring (bicyclic) bond motifs is 2. The molecule has 0 spiro atoms. The molecule has 0 bridgehead atoms. The van der Waals surface area contributed by atoms with Gasteiger partial charge in [-0.1, -0.05) is 85.6 Å². The zero-order chi connectivity index (χ0) is 41.7. The molecule has 0 unspecified atom stereocenters. The number of rotatable bonds is 8. The maximum absolute atomic E-state index is 12.9. The van der Waals surface area contributed by atoms with Crippen LogP contribution in [0.15, 0.2) is 122 Å². The van der Waals surface area contributed by atoms with Crippen molar-refractivity contribution in [3.63, 3.8) is 0 Å². The van der Waals surface area contributed by atoms with E-state index in [1.807, 2.05) is 35.4 Å². The number of aromatic nitrogens is 6. The molecule has 2 aliphatic carbocycles. The van der Waals surface area contributed by atoms with Crippen LogP contribution in [0.5, 0.6) is 0 Å². The molecule has 304 valence electrons. The molecule has 1 aliphatic heterocycles. The molecular weight excluding hydrogens is 763 g/mol. The molecule has 4 aromatic heterocycles. The van der Waals surface area contributed by atoms with Crippen LogP contribution in [0.1, 0.15) is 87.9 Å². The summed E-state index contributed by atoms with van der Waals surface area (Å²) in [5.41, 5.74) is 22.8. The van der Waals surface area contributed by atoms with Gasteiger partial charge >= 0.3 is 5.97 Å². The number of hydrogen-bond donors (Lipinski definition) is 5. The third-order valence-corrected chi connectivity index (χ3v) is 13.4. The predicted molar refractivity (Wildman–Crippen MR) is 237 cm³/mol. The van der Waals surface area contributed by atoms with Gasteiger partial charge < -0.3 is 31.4 Å². The van der Waals surface area contributed by atoms with Gasteiger partial charge in [-0.3, -0.25) is 4.79 Å². The minimum atomic E-state index is -0.915. The number of nitrogen functional groups attached to an aromatic ring is 2. The molecule has 8 aromatic rings. The van der Waals surface area contributed by atoms with Crippen LogP contribution in [0.3, 0.4) is 0 Å². The number of carboxylic acids is 1. The molecule has 0 radical (unpaired) electrons. The number of aromatic amines is 2. The first-order chi connectivity index (χ1) is 29.7. The van der Waals surface area contributed by atoms with Crippen molar-refractivity contribution in [3.05, 3.63) is 155 Å². The Hall–Kier alpha value is -7.34. The van der Waals surface area contributed by atoms with Crippen molar-refractivity contribution in [1.29, 1.82) is 0 Å². The summed E-state index contributed by atoms with van der Waals surface area (Å²) in [7, 11) is 0. The van der Waals surface area contributed by atoms with Gasteiger partial charge in [-0.15, -0.1) is 0 Å². The highest BCUT2D eigenvalue weighted by Gasteiger charge is 2.43. The van der Waals surface area contributed by atoms with Crippen LogP contribution < -0.4 is 11.5 Å². The lowest BCUT2D eigenvalue weighted by Gasteiger charge is -2.43. The van der Waals surface area contributed by atoms with Crippen molar-refractivity contribution in [1.82, 2.24) is 34.8 Å². The second kappa shape index (κ2) is 15.0. The summed E-state index contributed by atoms with van der Waals surface area (Å²) in [6.07, 6.45) is 18.8. The Bertz CT molecular complexity index is 2910. The van der Waals surface area contributed by atoms with Crippen LogP contribution in [0.2, 0.25) is 0 Å². The fraction of sp³-hybridized carbons (Fsp3) is 0.224. The number of benzene rings is 4. The van der Waals surface area contributed by atoms with Crippen molar-refractivity contribution in [2.24, 2.45) is 0 Å². The van der Waals surface area contributed by atoms with Crippen molar-refractivity contribution in [3.8, 4) is 22.3 Å². The summed E-state index contributed by atoms with van der Waals surface area (Å²) in [4.78, 5) is 49.5. The summed E-state index contributed by atoms with van der Waals surface area (Å²) in [5.74, 6) is -0.237. The number of carboxylic acid groups (broad SMARTS) is 1. The normalized spacial score (nSPS) is 16.2. The summed E-state index contributed by atoms with van der Waals surface area (Å²) in [5, 5.41) is 11.6. The number of carbonyl (C=O) groups is 2. The average Bonchev–Trinajstić information content (AvgIpc) is 3.86. The number of nitrogens with two attached hydrogens (primary N) is 2. The Morgan fingerprint density at radius 3 is 1.36 bits per heavy atom. The Morgan fingerprint density at radius 1 is 0.557 bits per heavy atom. The van der Waals surface area contributed by atoms with Gasteiger partial charge in [-0.05, 0) is 77.6 Å². The summed E-state index contributed by atoms with van der Waals surface area (Å²) >= 11 is 0. The van der Waals surface area contributed by atoms with Crippen LogP contribution in [0.25, 0.3) is 44.1 Å². The van der Waals surface area contributed by atoms with Gasteiger partial charge in [0.05, 0.1) is 22.2 Å². The molecule has 3 fully saturated rings. The molecule has 5 heterocycles. The second-order valence-electron chi connectivity index (χ2n) is 16.5. The van der Waals surface area contributed by atoms with E-state index in [9.17, 15) is 14.7 Å². The fourth-order valence-corrected chi connectivity index (χ4v) is 9.57. The highest BCUT2D eigenvalue weighted by Crippen LogP contribution is 2.53. The number of nitrogens with zero attached hydrogens (tertiary/aromatic N) is 5. The maximum Gasteiger partial charge on any atom is 0.337 e. The van der Waals surface area contributed by atoms with E-state index in [4.69, 9.17) is 11.5 Å². The monoisotopic (exact) mass is 807 g/mol. The fourth-order valence-electron chi connectivity index (χ4n) is 9.57. The van der Waals surface area contributed by atoms with E-state index >= 15 is 0 Å². The highest BCUT2D eigenvalue weighted by molar-refractivity contribution is 6.07. The lowest BCUT2D eigenvalue weighted by molar-refractivity contribution is 0.0652. The number of H-pyrrole nitrogens is 2. The highest BCUT2D eigenvalue weighted by atomic mass is 16.4. The van der Waals surface area contributed by atoms with E-state index in [1.54, 1.807) is 30.9 Å². The van der Waals surface area contributed by atoms with Crippen molar-refractivity contribution >= 4 is 45.6 Å². The maximum atomic E-state index is 12.9. The second-order valence-corrected chi connectivity index (χ2v) is 16.5. The number of carbonyl (C=O) groups excluding carboxylic acids is 1. The van der Waals surface area contributed by atoms with E-state index in [1.165, 1.54) is 28.7 Å². The van der Waals surface area contributed by atoms with E-state index < -0.39 is 5.97 Å². The van der Waals surface area contributed by atoms with Gasteiger partial charge in [0, 0.05) is 83.0 Å². The third-order valence-electron chi connectivity index (χ3n) is 13.4. The van der Waals surface area contributed by atoms with Crippen LogP contribution in [-0.4, -0.2) is 64.9 Å². The zero-order valence-electron chi connectivity index (χ0n) is 33.6. The number of anilines is 2. The minimum Gasteiger partial charge on any atom is -0.478 e. The quantitative estimate of drug-likeness (QED) is 0.0997. The van der Waals surface area contributed by atoms with Crippen molar-refractivity contribution < 1.29 is 14.7 Å². The number of hydrogen-bond acceptors (Lipinski definition) is 8. The smallest absolute Gasteiger partial charge is 0.337 e. The molecule has 1 saturated heterocycles. The Morgan fingerprint density at radius 2 is 0.984 bits per heavy atom. The standard InChI is InChI=1S/C26H25N5O.C23H20N4O2/c27-25-29-14-18(15-30-25)17-6-8-19(9-7-17)26(10-2-11-26)22-16-28-23-20(22)4-1-5-21(23)24(32)31-12-3-13-31;24-22-26-11-15(12-27-22)14-5-7-16(8-6-14)23(9-2-10-23)19-13-25-20-17(19)3-1-4-18(20)21(28)29/h1,4-9,14-16,28H,2-3,10-13H2,(H2,27,29,30);1,3-8,11-13,25H,2,9-10H2,(H,28,29)(H2,24,26,27). The SMILES string of the molecule is Nc1ncc(-c2ccc(C3(c4c[nH]c5c(C(=O)N6CCC6)cccc45)CCC3)cc2)cn1.Nc1ncc(-c2ccc(C3(c4c[nH]c5c(C(=O)O)cccc45)CCC3)cc2)cn1. The van der Waals surface area contributed by atoms with Crippen LogP contribution in [0.4, 0.5) is 11.9 Å². The lowest BCUT2D eigenvalue weighted by Crippen LogP contribution is -2.42. The van der Waals surface area contributed by atoms with E-state index in [0.717, 1.165) is 95.7 Å². The molecule has 4 aromatic carbocycles. The topological polar surface area (TPSA) is 193 Å². The van der Waals surface area contributed by atoms with Crippen LogP contribution in [0, 0.1) is 0 Å². The Labute approximate surface area is 352 Å². The lowest BCUT2D eigenvalue weighted by atomic mass is 9.60. The minimum absolute atomic E-state index is 0.0210. The molecule has 2 saturated carbocycles. The molecular formula is C49H45N9O3. The number of likely N-dealkylation sites (tertiary alicyclic amines) is 1. The first-order valence-corrected chi connectivity index (χ1v) is 20.8. The van der Waals surface area contributed by atoms with Crippen LogP contribution >= 0.6 is 0 Å². The van der Waals surface area contributed by atoms with E-state index in [2.05, 4.69) is 90.7 Å². The Kier molecular flexibility index (Phi) is 9.35. The first-order valence-electron chi connectivity index (χ1n) is 20.8. The molecule has 61 heavy (non-hydrogen) atoms. The first kappa shape index (κ1) is 37.9. The van der Waals surface area contributed by atoms with Gasteiger partial charge in [0.25, 0.3) is 5.91 Å². The largest absolute Gasteiger partial charge is 0.478 e. The van der Waals surface area contributed by atoms with Gasteiger partial charge in [0.1, 0.15) is 0 Å². The summed E-state index contributed by atoms with van der Waals surface area (Å²) in [6.45, 7) is 1.72. The predicted octanol–water partition coefficient (Wildman–Crippen LogP) is 8.90. The summed E-state index contributed by atoms with van der Waals surface area (Å²) in [6, 6.07) is 28.8. The zero-order valence-corrected chi connectivity index (χ0v) is 33.6. The number of amides is 1. The number of nitrogens with one attached hydrogen (secondary N) is 2. The van der Waals surface area contributed by atoms with Gasteiger partial charge in [-0.2, -0.15) is 0 Å². The molecule has 12 heteroatoms. The van der Waals surface area contributed by atoms with Gasteiger partial charge in [-0.25, -0.2) is 24.7 Å². The third kappa shape index (κ3) is 6.46. The van der Waals surface area contributed by atoms with Gasteiger partial charge in [0.15, 0.2) is 0 Å². The molecule has 7 N–H and O–H groups in total. The van der Waals surface area contributed by atoms with E-state index in [-0.39, 0.29) is 28.6 Å².